The molecule has 0 bridgehead atoms. The van der Waals surface area contributed by atoms with E-state index in [1.165, 1.54) is 12.3 Å². The summed E-state index contributed by atoms with van der Waals surface area (Å²) in [7, 11) is 0. The van der Waals surface area contributed by atoms with E-state index in [9.17, 15) is 26.7 Å². The molecule has 11 heteroatoms. The Morgan fingerprint density at radius 1 is 1.08 bits per heavy atom. The first-order valence-corrected chi connectivity index (χ1v) is 12.8. The second kappa shape index (κ2) is 12.2. The van der Waals surface area contributed by atoms with Crippen LogP contribution in [0, 0.1) is 5.82 Å². The van der Waals surface area contributed by atoms with E-state index in [0.717, 1.165) is 43.4 Å². The van der Waals surface area contributed by atoms with Crippen LogP contribution in [0.4, 0.5) is 26.7 Å². The van der Waals surface area contributed by atoms with E-state index in [4.69, 9.17) is 16.3 Å². The number of alkyl halides is 4. The van der Waals surface area contributed by atoms with Crippen molar-refractivity contribution in [1.29, 1.82) is 0 Å². The van der Waals surface area contributed by atoms with E-state index in [-0.39, 0.29) is 23.7 Å². The summed E-state index contributed by atoms with van der Waals surface area (Å²) in [6.45, 7) is -1.66. The molecule has 2 aromatic carbocycles. The summed E-state index contributed by atoms with van der Waals surface area (Å²) >= 11 is 6.07. The number of urea groups is 1. The third-order valence-electron chi connectivity index (χ3n) is 6.61. The van der Waals surface area contributed by atoms with Crippen LogP contribution in [0.2, 0.25) is 5.02 Å². The van der Waals surface area contributed by atoms with E-state index >= 15 is 0 Å². The van der Waals surface area contributed by atoms with Gasteiger partial charge in [-0.1, -0.05) is 54.8 Å². The Kier molecular flexibility index (Phi) is 8.94. The van der Waals surface area contributed by atoms with Crippen molar-refractivity contribution in [3.8, 4) is 5.75 Å². The zero-order valence-corrected chi connectivity index (χ0v) is 21.5. The third-order valence-corrected chi connectivity index (χ3v) is 6.83. The number of nitrogens with one attached hydrogen (secondary N) is 2. The van der Waals surface area contributed by atoms with Crippen LogP contribution >= 0.6 is 11.6 Å². The summed E-state index contributed by atoms with van der Waals surface area (Å²) < 4.78 is 72.4. The first-order valence-electron chi connectivity index (χ1n) is 12.4. The van der Waals surface area contributed by atoms with Gasteiger partial charge in [-0.2, -0.15) is 8.78 Å². The highest BCUT2D eigenvalue weighted by molar-refractivity contribution is 6.30. The lowest BCUT2D eigenvalue weighted by Gasteiger charge is -2.36. The number of carbonyl (C=O) groups is 1. The molecule has 1 heterocycles. The number of hydrogen-bond acceptors (Lipinski definition) is 3. The van der Waals surface area contributed by atoms with Gasteiger partial charge >= 0.3 is 18.4 Å². The molecule has 2 N–H and O–H groups in total. The number of pyridine rings is 1. The minimum atomic E-state index is -4.44. The molecule has 1 aromatic heterocycles. The van der Waals surface area contributed by atoms with Gasteiger partial charge in [-0.15, -0.1) is 0 Å². The molecule has 4 rings (SSSR count). The van der Waals surface area contributed by atoms with E-state index < -0.39 is 42.1 Å². The number of hydrogen-bond donors (Lipinski definition) is 2. The zero-order chi connectivity index (χ0) is 28.0. The smallest absolute Gasteiger partial charge is 0.340 e. The van der Waals surface area contributed by atoms with E-state index in [1.807, 2.05) is 6.07 Å². The van der Waals surface area contributed by atoms with Gasteiger partial charge < -0.3 is 15.4 Å². The molecule has 1 fully saturated rings. The quantitative estimate of drug-likeness (QED) is 0.263. The van der Waals surface area contributed by atoms with Crippen LogP contribution in [0.1, 0.15) is 42.5 Å². The van der Waals surface area contributed by atoms with Crippen molar-refractivity contribution in [3.63, 3.8) is 0 Å². The van der Waals surface area contributed by atoms with Gasteiger partial charge in [0.15, 0.2) is 6.61 Å². The summed E-state index contributed by atoms with van der Waals surface area (Å²) in [5.41, 5.74) is -0.392. The maximum atomic E-state index is 14.9. The van der Waals surface area contributed by atoms with Gasteiger partial charge in [0.1, 0.15) is 17.1 Å². The van der Waals surface area contributed by atoms with Gasteiger partial charge in [-0.25, -0.2) is 18.0 Å². The Hall–Kier alpha value is -3.40. The number of carbonyl (C=O) groups excluding carboxylic acids is 1. The topological polar surface area (TPSA) is 63.2 Å². The lowest BCUT2D eigenvalue weighted by atomic mass is 9.80. The Bertz CT molecular complexity index is 1260. The fraction of sp³-hybridized carbons (Fsp3) is 0.357. The highest BCUT2D eigenvalue weighted by atomic mass is 35.5. The summed E-state index contributed by atoms with van der Waals surface area (Å²) in [6, 6.07) is 14.7. The normalized spacial score (nSPS) is 15.7. The molecule has 2 amide bonds. The number of ether oxygens (including phenoxy) is 1. The van der Waals surface area contributed by atoms with Gasteiger partial charge in [0, 0.05) is 24.7 Å². The van der Waals surface area contributed by atoms with Crippen LogP contribution < -0.4 is 15.4 Å². The number of nitrogens with zero attached hydrogens (tertiary/aromatic N) is 1. The predicted molar refractivity (Wildman–Crippen MR) is 137 cm³/mol. The molecule has 0 unspecified atom stereocenters. The fourth-order valence-electron chi connectivity index (χ4n) is 4.67. The molecule has 0 saturated heterocycles. The predicted octanol–water partition coefficient (Wildman–Crippen LogP) is 6.88. The Balaban J connectivity index is 1.81. The van der Waals surface area contributed by atoms with Crippen molar-refractivity contribution in [2.45, 2.75) is 56.0 Å². The molecule has 3 aromatic rings. The number of rotatable bonds is 10. The maximum Gasteiger partial charge on any atom is 0.340 e. The molecule has 0 aliphatic heterocycles. The average molecular weight is 568 g/mol. The van der Waals surface area contributed by atoms with Gasteiger partial charge in [0.2, 0.25) is 0 Å². The number of halogens is 6. The second-order valence-corrected chi connectivity index (χ2v) is 9.97. The molecule has 1 aliphatic carbocycles. The van der Waals surface area contributed by atoms with Crippen LogP contribution in [0.5, 0.6) is 5.75 Å². The highest BCUT2D eigenvalue weighted by Crippen LogP contribution is 2.36. The van der Waals surface area contributed by atoms with Crippen molar-refractivity contribution in [2.24, 2.45) is 0 Å². The molecule has 1 atom stereocenters. The largest absolute Gasteiger partial charge is 0.487 e. The lowest BCUT2D eigenvalue weighted by molar-refractivity contribution is -0.148. The van der Waals surface area contributed by atoms with Gasteiger partial charge in [0.25, 0.3) is 0 Å². The average Bonchev–Trinajstić information content (AvgIpc) is 3.40. The zero-order valence-electron chi connectivity index (χ0n) is 20.8. The number of benzene rings is 2. The molecular weight excluding hydrogens is 541 g/mol. The van der Waals surface area contributed by atoms with Crippen LogP contribution in [-0.2, 0) is 12.0 Å². The first kappa shape index (κ1) is 28.6. The van der Waals surface area contributed by atoms with E-state index in [1.54, 1.807) is 36.4 Å². The van der Waals surface area contributed by atoms with E-state index in [2.05, 4.69) is 15.6 Å². The standard InChI is InChI=1S/C28H27ClF5N3O2/c29-20-10-11-24(35-16-20)27(15-18-6-2-1-3-7-18,37-26(38)36-22-8-4-5-9-22)19-12-21(30)14-23(13-19)39-17-28(33,34)25(31)32/h1-3,6-7,10-14,16,22,25H,4-5,8-9,15,17H2,(H2,36,37,38)/t27-/m0/s1. The summed E-state index contributed by atoms with van der Waals surface area (Å²) in [5.74, 6) is -5.73. The van der Waals surface area contributed by atoms with Gasteiger partial charge in [-0.05, 0) is 48.2 Å². The van der Waals surface area contributed by atoms with Crippen LogP contribution in [0.3, 0.4) is 0 Å². The number of amides is 2. The lowest BCUT2D eigenvalue weighted by Crippen LogP contribution is -2.54. The Morgan fingerprint density at radius 2 is 1.79 bits per heavy atom. The van der Waals surface area contributed by atoms with Gasteiger partial charge in [-0.3, -0.25) is 4.98 Å². The monoisotopic (exact) mass is 567 g/mol. The van der Waals surface area contributed by atoms with Crippen molar-refractivity contribution in [1.82, 2.24) is 15.6 Å². The Labute approximate surface area is 227 Å². The van der Waals surface area contributed by atoms with Crippen LogP contribution in [0.25, 0.3) is 0 Å². The molecule has 0 spiro atoms. The minimum Gasteiger partial charge on any atom is -0.487 e. The second-order valence-electron chi connectivity index (χ2n) is 9.54. The van der Waals surface area contributed by atoms with Crippen molar-refractivity contribution >= 4 is 17.6 Å². The van der Waals surface area contributed by atoms with Crippen LogP contribution in [-0.4, -0.2) is 36.0 Å². The summed E-state index contributed by atoms with van der Waals surface area (Å²) in [6.07, 6.45) is 1.08. The molecular formula is C28H27ClF5N3O2. The van der Waals surface area contributed by atoms with Crippen molar-refractivity contribution in [2.75, 3.05) is 6.61 Å². The first-order chi connectivity index (χ1) is 18.6. The molecule has 1 aliphatic rings. The van der Waals surface area contributed by atoms with Crippen molar-refractivity contribution < 1.29 is 31.5 Å². The molecule has 5 nitrogen and oxygen atoms in total. The third kappa shape index (κ3) is 7.17. The molecule has 39 heavy (non-hydrogen) atoms. The van der Waals surface area contributed by atoms with E-state index in [0.29, 0.717) is 5.02 Å². The fourth-order valence-corrected chi connectivity index (χ4v) is 4.78. The van der Waals surface area contributed by atoms with Gasteiger partial charge in [0.05, 0.1) is 10.7 Å². The van der Waals surface area contributed by atoms with Crippen molar-refractivity contribution in [3.05, 3.63) is 94.5 Å². The maximum absolute atomic E-state index is 14.9. The molecule has 208 valence electrons. The van der Waals surface area contributed by atoms with Crippen LogP contribution in [0.15, 0.2) is 66.9 Å². The SMILES string of the molecule is O=C(NC1CCCC1)N[C@@](Cc1ccccc1)(c1cc(F)cc(OCC(F)(F)C(F)F)c1)c1ccc(Cl)cn1. The highest BCUT2D eigenvalue weighted by Gasteiger charge is 2.42. The molecule has 1 saturated carbocycles. The summed E-state index contributed by atoms with van der Waals surface area (Å²) in [4.78, 5) is 17.8. The number of aromatic nitrogens is 1. The molecule has 0 radical (unpaired) electrons. The summed E-state index contributed by atoms with van der Waals surface area (Å²) in [5, 5.41) is 6.22. The Morgan fingerprint density at radius 3 is 2.44 bits per heavy atom. The minimum absolute atomic E-state index is 0.0411.